The van der Waals surface area contributed by atoms with Crippen molar-refractivity contribution in [3.63, 3.8) is 0 Å². The molecule has 2 rings (SSSR count). The van der Waals surface area contributed by atoms with Gasteiger partial charge in [0, 0.05) is 13.0 Å². The second kappa shape index (κ2) is 9.62. The Bertz CT molecular complexity index is 681. The molecule has 0 bridgehead atoms. The number of hydrogen-bond donors (Lipinski definition) is 2. The van der Waals surface area contributed by atoms with Crippen molar-refractivity contribution in [2.24, 2.45) is 0 Å². The van der Waals surface area contributed by atoms with E-state index in [1.165, 1.54) is 5.56 Å². The van der Waals surface area contributed by atoms with Crippen LogP contribution >= 0.6 is 0 Å². The molecule has 1 unspecified atom stereocenters. The summed E-state index contributed by atoms with van der Waals surface area (Å²) in [5.74, 6) is -0.114. The zero-order chi connectivity index (χ0) is 18.1. The molecule has 0 saturated carbocycles. The Morgan fingerprint density at radius 2 is 1.64 bits per heavy atom. The molecule has 2 aromatic rings. The molecule has 4 heteroatoms. The Morgan fingerprint density at radius 1 is 0.960 bits per heavy atom. The minimum atomic E-state index is -0.0652. The van der Waals surface area contributed by atoms with Crippen molar-refractivity contribution in [3.8, 4) is 0 Å². The van der Waals surface area contributed by atoms with Crippen LogP contribution in [0.4, 0.5) is 0 Å². The lowest BCUT2D eigenvalue weighted by atomic mass is 10.0. The third-order valence-electron chi connectivity index (χ3n) is 4.10. The lowest BCUT2D eigenvalue weighted by Crippen LogP contribution is -2.33. The van der Waals surface area contributed by atoms with Gasteiger partial charge in [-0.25, -0.2) is 0 Å². The maximum atomic E-state index is 12.1. The maximum absolute atomic E-state index is 12.1. The van der Waals surface area contributed by atoms with Crippen LogP contribution in [-0.2, 0) is 16.0 Å². The molecule has 0 saturated heterocycles. The van der Waals surface area contributed by atoms with Crippen molar-refractivity contribution in [1.82, 2.24) is 10.6 Å². The second-order valence-corrected chi connectivity index (χ2v) is 6.20. The second-order valence-electron chi connectivity index (χ2n) is 6.20. The normalized spacial score (nSPS) is 11.6. The number of amides is 2. The van der Waals surface area contributed by atoms with E-state index in [4.69, 9.17) is 0 Å². The van der Waals surface area contributed by atoms with E-state index >= 15 is 0 Å². The minimum absolute atomic E-state index is 0.00752. The number of carbonyl (C=O) groups excluding carboxylic acids is 2. The molecule has 25 heavy (non-hydrogen) atoms. The highest BCUT2D eigenvalue weighted by Gasteiger charge is 2.12. The zero-order valence-electron chi connectivity index (χ0n) is 14.9. The van der Waals surface area contributed by atoms with Gasteiger partial charge in [0.05, 0.1) is 12.5 Å². The Morgan fingerprint density at radius 3 is 2.28 bits per heavy atom. The van der Waals surface area contributed by atoms with E-state index < -0.39 is 0 Å². The van der Waals surface area contributed by atoms with Crippen molar-refractivity contribution in [1.29, 1.82) is 0 Å². The van der Waals surface area contributed by atoms with Gasteiger partial charge in [-0.05, 0) is 24.5 Å². The van der Waals surface area contributed by atoms with E-state index in [9.17, 15) is 9.59 Å². The first-order valence-electron chi connectivity index (χ1n) is 8.75. The summed E-state index contributed by atoms with van der Waals surface area (Å²) in [5, 5.41) is 5.84. The average Bonchev–Trinajstić information content (AvgIpc) is 2.61. The van der Waals surface area contributed by atoms with Crippen LogP contribution < -0.4 is 10.6 Å². The molecule has 0 aliphatic rings. The van der Waals surface area contributed by atoms with Crippen molar-refractivity contribution >= 4 is 11.8 Å². The molecule has 0 heterocycles. The number of hydrogen-bond acceptors (Lipinski definition) is 2. The summed E-state index contributed by atoms with van der Waals surface area (Å²) < 4.78 is 0. The number of rotatable bonds is 8. The van der Waals surface area contributed by atoms with Gasteiger partial charge in [-0.1, -0.05) is 67.1 Å². The molecular formula is C21H26N2O2. The predicted octanol–water partition coefficient (Wildman–Crippen LogP) is 3.31. The van der Waals surface area contributed by atoms with Crippen LogP contribution in [0.5, 0.6) is 0 Å². The minimum Gasteiger partial charge on any atom is -0.355 e. The summed E-state index contributed by atoms with van der Waals surface area (Å²) in [6.45, 7) is 4.44. The number of benzene rings is 2. The number of carbonyl (C=O) groups is 2. The van der Waals surface area contributed by atoms with Gasteiger partial charge < -0.3 is 10.6 Å². The topological polar surface area (TPSA) is 58.2 Å². The fourth-order valence-corrected chi connectivity index (χ4v) is 2.65. The van der Waals surface area contributed by atoms with Gasteiger partial charge in [0.15, 0.2) is 0 Å². The summed E-state index contributed by atoms with van der Waals surface area (Å²) >= 11 is 0. The Hall–Kier alpha value is -2.62. The smallest absolute Gasteiger partial charge is 0.224 e. The summed E-state index contributed by atoms with van der Waals surface area (Å²) in [4.78, 5) is 24.0. The first kappa shape index (κ1) is 18.7. The van der Waals surface area contributed by atoms with Gasteiger partial charge in [0.2, 0.25) is 11.8 Å². The van der Waals surface area contributed by atoms with Crippen LogP contribution in [0.2, 0.25) is 0 Å². The quantitative estimate of drug-likeness (QED) is 0.776. The number of aryl methyl sites for hydroxylation is 1. The highest BCUT2D eigenvalue weighted by Crippen LogP contribution is 2.17. The van der Waals surface area contributed by atoms with Crippen LogP contribution in [0.15, 0.2) is 54.6 Å². The van der Waals surface area contributed by atoms with E-state index in [0.717, 1.165) is 17.5 Å². The van der Waals surface area contributed by atoms with Gasteiger partial charge in [0.1, 0.15) is 0 Å². The van der Waals surface area contributed by atoms with Crippen LogP contribution in [0.3, 0.4) is 0 Å². The molecule has 132 valence electrons. The van der Waals surface area contributed by atoms with E-state index in [0.29, 0.717) is 13.0 Å². The van der Waals surface area contributed by atoms with E-state index in [-0.39, 0.29) is 24.3 Å². The highest BCUT2D eigenvalue weighted by molar-refractivity contribution is 5.80. The molecule has 0 aliphatic carbocycles. The first-order valence-corrected chi connectivity index (χ1v) is 8.75. The fraction of sp³-hybridized carbons (Fsp3) is 0.333. The van der Waals surface area contributed by atoms with E-state index in [1.54, 1.807) is 0 Å². The predicted molar refractivity (Wildman–Crippen MR) is 100 cm³/mol. The molecule has 1 atom stereocenters. The van der Waals surface area contributed by atoms with Crippen molar-refractivity contribution in [2.75, 3.05) is 6.54 Å². The molecule has 2 amide bonds. The first-order chi connectivity index (χ1) is 12.1. The monoisotopic (exact) mass is 338 g/mol. The van der Waals surface area contributed by atoms with Crippen LogP contribution in [0.25, 0.3) is 0 Å². The summed E-state index contributed by atoms with van der Waals surface area (Å²) in [6, 6.07) is 17.8. The Labute approximate surface area is 149 Å². The van der Waals surface area contributed by atoms with Gasteiger partial charge in [-0.15, -0.1) is 0 Å². The van der Waals surface area contributed by atoms with Crippen molar-refractivity contribution in [2.45, 2.75) is 39.2 Å². The van der Waals surface area contributed by atoms with Crippen LogP contribution in [0, 0.1) is 6.92 Å². The largest absolute Gasteiger partial charge is 0.355 e. The van der Waals surface area contributed by atoms with Gasteiger partial charge in [-0.2, -0.15) is 0 Å². The lowest BCUT2D eigenvalue weighted by Gasteiger charge is -2.18. The van der Waals surface area contributed by atoms with Gasteiger partial charge >= 0.3 is 0 Å². The average molecular weight is 338 g/mol. The molecule has 0 fully saturated rings. The summed E-state index contributed by atoms with van der Waals surface area (Å²) in [7, 11) is 0. The molecule has 0 radical (unpaired) electrons. The van der Waals surface area contributed by atoms with Crippen molar-refractivity contribution in [3.05, 3.63) is 71.3 Å². The molecule has 0 spiro atoms. The lowest BCUT2D eigenvalue weighted by molar-refractivity contribution is -0.122. The highest BCUT2D eigenvalue weighted by atomic mass is 16.2. The Balaban J connectivity index is 1.74. The van der Waals surface area contributed by atoms with Gasteiger partial charge in [0.25, 0.3) is 0 Å². The van der Waals surface area contributed by atoms with Crippen molar-refractivity contribution < 1.29 is 9.59 Å². The SMILES string of the molecule is CCC(NC(=O)CCNC(=O)Cc1ccccc1)c1ccc(C)cc1. The molecule has 0 aromatic heterocycles. The molecule has 4 nitrogen and oxygen atoms in total. The maximum Gasteiger partial charge on any atom is 0.224 e. The summed E-state index contributed by atoms with van der Waals surface area (Å²) in [5.41, 5.74) is 3.27. The molecular weight excluding hydrogens is 312 g/mol. The summed E-state index contributed by atoms with van der Waals surface area (Å²) in [6.07, 6.45) is 1.45. The fourth-order valence-electron chi connectivity index (χ4n) is 2.65. The zero-order valence-corrected chi connectivity index (χ0v) is 14.9. The van der Waals surface area contributed by atoms with Crippen LogP contribution in [0.1, 0.15) is 42.5 Å². The Kier molecular flexibility index (Phi) is 7.20. The third kappa shape index (κ3) is 6.42. The molecule has 0 aliphatic heterocycles. The van der Waals surface area contributed by atoms with E-state index in [2.05, 4.69) is 10.6 Å². The third-order valence-corrected chi connectivity index (χ3v) is 4.10. The molecule has 2 aromatic carbocycles. The van der Waals surface area contributed by atoms with Gasteiger partial charge in [-0.3, -0.25) is 9.59 Å². The van der Waals surface area contributed by atoms with E-state index in [1.807, 2.05) is 68.4 Å². The number of nitrogens with one attached hydrogen (secondary N) is 2. The van der Waals surface area contributed by atoms with Crippen LogP contribution in [-0.4, -0.2) is 18.4 Å². The standard InChI is InChI=1S/C21H26N2O2/c1-3-19(18-11-9-16(2)10-12-18)23-20(24)13-14-22-21(25)15-17-7-5-4-6-8-17/h4-12,19H,3,13-15H2,1-2H3,(H,22,25)(H,23,24). The molecule has 2 N–H and O–H groups in total.